The summed E-state index contributed by atoms with van der Waals surface area (Å²) in [5, 5.41) is 18.3. The van der Waals surface area contributed by atoms with E-state index < -0.39 is 11.9 Å². The summed E-state index contributed by atoms with van der Waals surface area (Å²) in [6.07, 6.45) is 1.42. The molecule has 64 valence electrons. The summed E-state index contributed by atoms with van der Waals surface area (Å²) in [5.74, 6) is -1.85. The number of nitrogens with zero attached hydrogens (tertiary/aromatic N) is 1. The third kappa shape index (κ3) is 2.42. The predicted octanol–water partition coefficient (Wildman–Crippen LogP) is 0.00468. The molecule has 0 aliphatic heterocycles. The molecule has 2 N–H and O–H groups in total. The number of nitriles is 1. The molecule has 0 spiro atoms. The SMILES string of the molecule is C/C(C(=O)O)=C(/C)C(=O)NC#N. The second kappa shape index (κ2) is 4.13. The highest BCUT2D eigenvalue weighted by Gasteiger charge is 2.11. The lowest BCUT2D eigenvalue weighted by Gasteiger charge is -1.99. The number of carboxylic acids is 1. The monoisotopic (exact) mass is 168 g/mol. The molecule has 0 aromatic carbocycles. The van der Waals surface area contributed by atoms with Crippen molar-refractivity contribution in [2.75, 3.05) is 0 Å². The Kier molecular flexibility index (Phi) is 3.50. The van der Waals surface area contributed by atoms with Gasteiger partial charge < -0.3 is 5.11 Å². The lowest BCUT2D eigenvalue weighted by Crippen LogP contribution is -2.20. The number of carbonyl (C=O) groups is 2. The highest BCUT2D eigenvalue weighted by Crippen LogP contribution is 2.02. The van der Waals surface area contributed by atoms with Gasteiger partial charge in [-0.1, -0.05) is 0 Å². The lowest BCUT2D eigenvalue weighted by molar-refractivity contribution is -0.133. The van der Waals surface area contributed by atoms with Crippen LogP contribution in [-0.4, -0.2) is 17.0 Å². The van der Waals surface area contributed by atoms with E-state index in [4.69, 9.17) is 10.4 Å². The van der Waals surface area contributed by atoms with Gasteiger partial charge in [0.15, 0.2) is 6.19 Å². The minimum Gasteiger partial charge on any atom is -0.478 e. The van der Waals surface area contributed by atoms with E-state index in [2.05, 4.69) is 0 Å². The molecule has 0 heterocycles. The molecule has 0 atom stereocenters. The van der Waals surface area contributed by atoms with Crippen molar-refractivity contribution in [2.24, 2.45) is 0 Å². The van der Waals surface area contributed by atoms with E-state index in [1.807, 2.05) is 5.32 Å². The van der Waals surface area contributed by atoms with Crippen LogP contribution in [-0.2, 0) is 9.59 Å². The summed E-state index contributed by atoms with van der Waals surface area (Å²) in [6.45, 7) is 2.64. The van der Waals surface area contributed by atoms with E-state index in [1.54, 1.807) is 0 Å². The molecule has 12 heavy (non-hydrogen) atoms. The van der Waals surface area contributed by atoms with Crippen molar-refractivity contribution >= 4 is 11.9 Å². The van der Waals surface area contributed by atoms with Crippen LogP contribution in [0.4, 0.5) is 0 Å². The zero-order valence-electron chi connectivity index (χ0n) is 6.71. The zero-order valence-corrected chi connectivity index (χ0v) is 6.71. The van der Waals surface area contributed by atoms with Crippen LogP contribution in [0.2, 0.25) is 0 Å². The highest BCUT2D eigenvalue weighted by molar-refractivity contribution is 6.01. The van der Waals surface area contributed by atoms with Crippen LogP contribution in [0.5, 0.6) is 0 Å². The Balaban J connectivity index is 4.69. The Morgan fingerprint density at radius 1 is 1.33 bits per heavy atom. The number of carbonyl (C=O) groups excluding carboxylic acids is 1. The molecule has 0 fully saturated rings. The number of aliphatic carboxylic acids is 1. The van der Waals surface area contributed by atoms with Crippen LogP contribution in [0.15, 0.2) is 11.1 Å². The van der Waals surface area contributed by atoms with Crippen molar-refractivity contribution in [3.63, 3.8) is 0 Å². The van der Waals surface area contributed by atoms with Crippen molar-refractivity contribution in [1.82, 2.24) is 5.32 Å². The quantitative estimate of drug-likeness (QED) is 0.345. The van der Waals surface area contributed by atoms with E-state index in [0.29, 0.717) is 0 Å². The maximum atomic E-state index is 10.8. The summed E-state index contributed by atoms with van der Waals surface area (Å²) in [5.41, 5.74) is -0.0354. The van der Waals surface area contributed by atoms with Gasteiger partial charge in [0.25, 0.3) is 5.91 Å². The summed E-state index contributed by atoms with van der Waals surface area (Å²) in [4.78, 5) is 21.2. The smallest absolute Gasteiger partial charge is 0.331 e. The molecule has 1 amide bonds. The molecule has 0 unspecified atom stereocenters. The average molecular weight is 168 g/mol. The van der Waals surface area contributed by atoms with E-state index in [9.17, 15) is 9.59 Å². The third-order valence-corrected chi connectivity index (χ3v) is 1.39. The van der Waals surface area contributed by atoms with Crippen LogP contribution >= 0.6 is 0 Å². The first-order valence-corrected chi connectivity index (χ1v) is 3.11. The molecule has 5 nitrogen and oxygen atoms in total. The number of rotatable bonds is 2. The molecule has 0 rings (SSSR count). The molecule has 0 saturated heterocycles. The number of amides is 1. The second-order valence-corrected chi connectivity index (χ2v) is 2.12. The van der Waals surface area contributed by atoms with Gasteiger partial charge >= 0.3 is 5.97 Å². The van der Waals surface area contributed by atoms with Crippen molar-refractivity contribution in [1.29, 1.82) is 5.26 Å². The Morgan fingerprint density at radius 2 is 1.83 bits per heavy atom. The van der Waals surface area contributed by atoms with Crippen LogP contribution < -0.4 is 5.32 Å². The van der Waals surface area contributed by atoms with Gasteiger partial charge in [0.1, 0.15) is 0 Å². The number of carboxylic acid groups (broad SMARTS) is 1. The number of hydrogen-bond acceptors (Lipinski definition) is 3. The van der Waals surface area contributed by atoms with Gasteiger partial charge in [-0.3, -0.25) is 10.1 Å². The van der Waals surface area contributed by atoms with Gasteiger partial charge in [-0.2, -0.15) is 5.26 Å². The van der Waals surface area contributed by atoms with Gasteiger partial charge in [-0.15, -0.1) is 0 Å². The normalized spacial score (nSPS) is 11.1. The summed E-state index contributed by atoms with van der Waals surface area (Å²) < 4.78 is 0. The van der Waals surface area contributed by atoms with Gasteiger partial charge in [-0.05, 0) is 13.8 Å². The summed E-state index contributed by atoms with van der Waals surface area (Å²) in [6, 6.07) is 0. The van der Waals surface area contributed by atoms with E-state index in [-0.39, 0.29) is 11.1 Å². The fraction of sp³-hybridized carbons (Fsp3) is 0.286. The first-order valence-electron chi connectivity index (χ1n) is 3.11. The molecule has 0 aromatic rings. The van der Waals surface area contributed by atoms with Crippen LogP contribution in [0, 0.1) is 11.5 Å². The Bertz CT molecular complexity index is 286. The summed E-state index contributed by atoms with van der Waals surface area (Å²) >= 11 is 0. The maximum Gasteiger partial charge on any atom is 0.331 e. The van der Waals surface area contributed by atoms with Crippen LogP contribution in [0.25, 0.3) is 0 Å². The number of nitrogens with one attached hydrogen (secondary N) is 1. The Labute approximate surface area is 69.3 Å². The van der Waals surface area contributed by atoms with Gasteiger partial charge in [0.05, 0.1) is 0 Å². The molecular weight excluding hydrogens is 160 g/mol. The van der Waals surface area contributed by atoms with E-state index in [1.165, 1.54) is 20.0 Å². The average Bonchev–Trinajstić information content (AvgIpc) is 2.02. The molecular formula is C7H8N2O3. The molecule has 0 aliphatic carbocycles. The lowest BCUT2D eigenvalue weighted by atomic mass is 10.1. The predicted molar refractivity (Wildman–Crippen MR) is 39.8 cm³/mol. The van der Waals surface area contributed by atoms with Crippen molar-refractivity contribution in [2.45, 2.75) is 13.8 Å². The van der Waals surface area contributed by atoms with Crippen LogP contribution in [0.1, 0.15) is 13.8 Å². The zero-order chi connectivity index (χ0) is 9.72. The topological polar surface area (TPSA) is 90.2 Å². The minimum absolute atomic E-state index is 0.0315. The fourth-order valence-corrected chi connectivity index (χ4v) is 0.475. The molecule has 0 aromatic heterocycles. The first-order chi connectivity index (χ1) is 5.50. The molecule has 0 saturated carbocycles. The largest absolute Gasteiger partial charge is 0.478 e. The molecule has 0 radical (unpaired) electrons. The Morgan fingerprint density at radius 3 is 2.17 bits per heavy atom. The van der Waals surface area contributed by atoms with E-state index in [0.717, 1.165) is 0 Å². The van der Waals surface area contributed by atoms with Gasteiger partial charge in [0.2, 0.25) is 0 Å². The van der Waals surface area contributed by atoms with Crippen molar-refractivity contribution < 1.29 is 14.7 Å². The molecule has 0 aliphatic rings. The van der Waals surface area contributed by atoms with Gasteiger partial charge in [-0.25, -0.2) is 4.79 Å². The standard InChI is InChI=1S/C7H8N2O3/c1-4(5(2)7(11)12)6(10)9-3-8/h1-2H3,(H,9,10)(H,11,12)/b5-4+. The molecule has 0 bridgehead atoms. The molecule has 5 heteroatoms. The van der Waals surface area contributed by atoms with Crippen molar-refractivity contribution in [3.05, 3.63) is 11.1 Å². The fourth-order valence-electron chi connectivity index (χ4n) is 0.475. The minimum atomic E-state index is -1.17. The highest BCUT2D eigenvalue weighted by atomic mass is 16.4. The third-order valence-electron chi connectivity index (χ3n) is 1.39. The second-order valence-electron chi connectivity index (χ2n) is 2.12. The maximum absolute atomic E-state index is 10.8. The number of hydrogen-bond donors (Lipinski definition) is 2. The van der Waals surface area contributed by atoms with E-state index >= 15 is 0 Å². The Hall–Kier alpha value is -1.83. The summed E-state index contributed by atoms with van der Waals surface area (Å²) in [7, 11) is 0. The van der Waals surface area contributed by atoms with Gasteiger partial charge in [0, 0.05) is 11.1 Å². The first kappa shape index (κ1) is 10.2. The van der Waals surface area contributed by atoms with Crippen LogP contribution in [0.3, 0.4) is 0 Å². The van der Waals surface area contributed by atoms with Crippen molar-refractivity contribution in [3.8, 4) is 6.19 Å².